The standard InChI is InChI=1S/C18H17N3O2/c1-11-4-3-5-16-15(11)10-17(21-16)18(23)20-14-8-6-13(7-9-14)19-12(2)22/h3-10,21H,1-2H3,(H,19,22)(H,20,23). The number of aromatic amines is 1. The number of aromatic nitrogens is 1. The molecule has 0 radical (unpaired) electrons. The maximum Gasteiger partial charge on any atom is 0.272 e. The van der Waals surface area contributed by atoms with Gasteiger partial charge in [-0.05, 0) is 48.9 Å². The number of carbonyl (C=O) groups is 2. The van der Waals surface area contributed by atoms with Crippen LogP contribution in [-0.2, 0) is 4.79 Å². The number of fused-ring (bicyclic) bond motifs is 1. The van der Waals surface area contributed by atoms with Crippen LogP contribution in [0.3, 0.4) is 0 Å². The van der Waals surface area contributed by atoms with Crippen LogP contribution in [0.25, 0.3) is 10.9 Å². The Kier molecular flexibility index (Phi) is 3.85. The molecule has 0 spiro atoms. The summed E-state index contributed by atoms with van der Waals surface area (Å²) < 4.78 is 0. The van der Waals surface area contributed by atoms with Crippen LogP contribution in [0.2, 0.25) is 0 Å². The van der Waals surface area contributed by atoms with Crippen molar-refractivity contribution in [1.82, 2.24) is 4.98 Å². The van der Waals surface area contributed by atoms with E-state index in [0.717, 1.165) is 16.5 Å². The first-order valence-corrected chi connectivity index (χ1v) is 7.30. The maximum absolute atomic E-state index is 12.3. The van der Waals surface area contributed by atoms with Crippen molar-refractivity contribution >= 4 is 34.1 Å². The van der Waals surface area contributed by atoms with Gasteiger partial charge in [0, 0.05) is 29.2 Å². The number of nitrogens with one attached hydrogen (secondary N) is 3. The Balaban J connectivity index is 1.77. The number of amides is 2. The number of H-pyrrole nitrogens is 1. The molecule has 1 aromatic heterocycles. The van der Waals surface area contributed by atoms with Crippen LogP contribution in [-0.4, -0.2) is 16.8 Å². The van der Waals surface area contributed by atoms with Gasteiger partial charge in [-0.1, -0.05) is 12.1 Å². The first-order valence-electron chi connectivity index (χ1n) is 7.30. The third-order valence-electron chi connectivity index (χ3n) is 3.59. The van der Waals surface area contributed by atoms with Crippen LogP contribution in [0.15, 0.2) is 48.5 Å². The quantitative estimate of drug-likeness (QED) is 0.690. The van der Waals surface area contributed by atoms with E-state index < -0.39 is 0 Å². The number of hydrogen-bond donors (Lipinski definition) is 3. The molecular formula is C18H17N3O2. The number of carbonyl (C=O) groups excluding carboxylic acids is 2. The third kappa shape index (κ3) is 3.23. The van der Waals surface area contributed by atoms with Gasteiger partial charge < -0.3 is 15.6 Å². The molecular weight excluding hydrogens is 290 g/mol. The molecule has 116 valence electrons. The molecule has 3 aromatic rings. The summed E-state index contributed by atoms with van der Waals surface area (Å²) in [7, 11) is 0. The number of hydrogen-bond acceptors (Lipinski definition) is 2. The normalized spacial score (nSPS) is 10.5. The second-order valence-corrected chi connectivity index (χ2v) is 5.43. The molecule has 2 aromatic carbocycles. The SMILES string of the molecule is CC(=O)Nc1ccc(NC(=O)c2cc3c(C)cccc3[nH]2)cc1. The van der Waals surface area contributed by atoms with Crippen molar-refractivity contribution in [3.05, 3.63) is 59.8 Å². The molecule has 0 saturated carbocycles. The smallest absolute Gasteiger partial charge is 0.272 e. The lowest BCUT2D eigenvalue weighted by Crippen LogP contribution is -2.12. The van der Waals surface area contributed by atoms with Crippen LogP contribution < -0.4 is 10.6 Å². The summed E-state index contributed by atoms with van der Waals surface area (Å²) in [6.45, 7) is 3.46. The van der Waals surface area contributed by atoms with Crippen LogP contribution in [0.5, 0.6) is 0 Å². The minimum absolute atomic E-state index is 0.129. The second kappa shape index (κ2) is 5.96. The minimum atomic E-state index is -0.201. The number of benzene rings is 2. The largest absolute Gasteiger partial charge is 0.351 e. The summed E-state index contributed by atoms with van der Waals surface area (Å²) in [6, 6.07) is 14.7. The molecule has 5 nitrogen and oxygen atoms in total. The molecule has 5 heteroatoms. The van der Waals surface area contributed by atoms with Crippen LogP contribution in [0.4, 0.5) is 11.4 Å². The Bertz CT molecular complexity index is 879. The van der Waals surface area contributed by atoms with E-state index in [4.69, 9.17) is 0 Å². The highest BCUT2D eigenvalue weighted by atomic mass is 16.2. The zero-order chi connectivity index (χ0) is 16.4. The molecule has 23 heavy (non-hydrogen) atoms. The van der Waals surface area contributed by atoms with E-state index in [9.17, 15) is 9.59 Å². The molecule has 0 aliphatic heterocycles. The number of anilines is 2. The Morgan fingerprint density at radius 2 is 1.61 bits per heavy atom. The summed E-state index contributed by atoms with van der Waals surface area (Å²) in [6.07, 6.45) is 0. The monoisotopic (exact) mass is 307 g/mol. The van der Waals surface area contributed by atoms with Crippen LogP contribution in [0.1, 0.15) is 23.0 Å². The molecule has 3 rings (SSSR count). The van der Waals surface area contributed by atoms with Gasteiger partial charge in [-0.15, -0.1) is 0 Å². The van der Waals surface area contributed by atoms with Gasteiger partial charge in [-0.25, -0.2) is 0 Å². The number of aryl methyl sites for hydroxylation is 1. The predicted octanol–water partition coefficient (Wildman–Crippen LogP) is 3.69. The highest BCUT2D eigenvalue weighted by Crippen LogP contribution is 2.20. The highest BCUT2D eigenvalue weighted by Gasteiger charge is 2.10. The molecule has 0 atom stereocenters. The molecule has 0 saturated heterocycles. The van der Waals surface area contributed by atoms with Crippen LogP contribution in [0, 0.1) is 6.92 Å². The van der Waals surface area contributed by atoms with Crippen molar-refractivity contribution in [2.75, 3.05) is 10.6 Å². The van der Waals surface area contributed by atoms with Crippen molar-refractivity contribution in [2.24, 2.45) is 0 Å². The molecule has 0 bridgehead atoms. The zero-order valence-corrected chi connectivity index (χ0v) is 12.9. The van der Waals surface area contributed by atoms with E-state index in [0.29, 0.717) is 17.1 Å². The maximum atomic E-state index is 12.3. The van der Waals surface area contributed by atoms with E-state index in [1.54, 1.807) is 24.3 Å². The molecule has 3 N–H and O–H groups in total. The first kappa shape index (κ1) is 14.8. The summed E-state index contributed by atoms with van der Waals surface area (Å²) in [5.74, 6) is -0.330. The van der Waals surface area contributed by atoms with Crippen molar-refractivity contribution in [3.63, 3.8) is 0 Å². The van der Waals surface area contributed by atoms with Crippen molar-refractivity contribution in [3.8, 4) is 0 Å². The second-order valence-electron chi connectivity index (χ2n) is 5.43. The Hall–Kier alpha value is -3.08. The average molecular weight is 307 g/mol. The molecule has 0 aliphatic carbocycles. The lowest BCUT2D eigenvalue weighted by atomic mass is 10.1. The van der Waals surface area contributed by atoms with Crippen molar-refractivity contribution in [2.45, 2.75) is 13.8 Å². The minimum Gasteiger partial charge on any atom is -0.351 e. The number of rotatable bonds is 3. The predicted molar refractivity (Wildman–Crippen MR) is 91.7 cm³/mol. The Morgan fingerprint density at radius 3 is 2.22 bits per heavy atom. The zero-order valence-electron chi connectivity index (χ0n) is 12.9. The lowest BCUT2D eigenvalue weighted by Gasteiger charge is -2.06. The summed E-state index contributed by atoms with van der Waals surface area (Å²) in [5, 5.41) is 6.56. The van der Waals surface area contributed by atoms with E-state index in [-0.39, 0.29) is 11.8 Å². The summed E-state index contributed by atoms with van der Waals surface area (Å²) >= 11 is 0. The van der Waals surface area contributed by atoms with E-state index in [1.165, 1.54) is 6.92 Å². The molecule has 1 heterocycles. The van der Waals surface area contributed by atoms with Gasteiger partial charge in [0.2, 0.25) is 5.91 Å². The van der Waals surface area contributed by atoms with Gasteiger partial charge in [0.25, 0.3) is 5.91 Å². The fourth-order valence-corrected chi connectivity index (χ4v) is 2.47. The average Bonchev–Trinajstić information content (AvgIpc) is 2.94. The Morgan fingerprint density at radius 1 is 0.957 bits per heavy atom. The first-order chi connectivity index (χ1) is 11.0. The summed E-state index contributed by atoms with van der Waals surface area (Å²) in [5.41, 5.74) is 3.94. The van der Waals surface area contributed by atoms with Gasteiger partial charge in [-0.2, -0.15) is 0 Å². The van der Waals surface area contributed by atoms with Gasteiger partial charge in [0.05, 0.1) is 0 Å². The molecule has 0 aliphatic rings. The van der Waals surface area contributed by atoms with Gasteiger partial charge in [0.15, 0.2) is 0 Å². The fraction of sp³-hybridized carbons (Fsp3) is 0.111. The van der Waals surface area contributed by atoms with E-state index in [2.05, 4.69) is 15.6 Å². The topological polar surface area (TPSA) is 74.0 Å². The van der Waals surface area contributed by atoms with Gasteiger partial charge in [0.1, 0.15) is 5.69 Å². The highest BCUT2D eigenvalue weighted by molar-refractivity contribution is 6.06. The summed E-state index contributed by atoms with van der Waals surface area (Å²) in [4.78, 5) is 26.5. The van der Waals surface area contributed by atoms with E-state index >= 15 is 0 Å². The van der Waals surface area contributed by atoms with Crippen LogP contribution >= 0.6 is 0 Å². The van der Waals surface area contributed by atoms with E-state index in [1.807, 2.05) is 31.2 Å². The van der Waals surface area contributed by atoms with Crippen molar-refractivity contribution < 1.29 is 9.59 Å². The molecule has 0 fully saturated rings. The fourth-order valence-electron chi connectivity index (χ4n) is 2.47. The van der Waals surface area contributed by atoms with Gasteiger partial charge in [-0.3, -0.25) is 9.59 Å². The van der Waals surface area contributed by atoms with Crippen molar-refractivity contribution in [1.29, 1.82) is 0 Å². The lowest BCUT2D eigenvalue weighted by molar-refractivity contribution is -0.114. The van der Waals surface area contributed by atoms with Gasteiger partial charge >= 0.3 is 0 Å². The Labute approximate surface area is 133 Å². The third-order valence-corrected chi connectivity index (χ3v) is 3.59. The molecule has 0 unspecified atom stereocenters. The molecule has 2 amide bonds.